The first kappa shape index (κ1) is 15.4. The lowest BCUT2D eigenvalue weighted by Gasteiger charge is -2.11. The summed E-state index contributed by atoms with van der Waals surface area (Å²) < 4.78 is 5.31. The van der Waals surface area contributed by atoms with Crippen LogP contribution in [-0.2, 0) is 9.53 Å². The number of nitrogens with one attached hydrogen (secondary N) is 1. The zero-order valence-electron chi connectivity index (χ0n) is 10.9. The van der Waals surface area contributed by atoms with Crippen LogP contribution in [0.25, 0.3) is 6.08 Å². The smallest absolute Gasteiger partial charge is 0.328 e. The van der Waals surface area contributed by atoms with Crippen molar-refractivity contribution in [1.82, 2.24) is 5.32 Å². The molecule has 1 aromatic heterocycles. The summed E-state index contributed by atoms with van der Waals surface area (Å²) >= 11 is 1.32. The van der Waals surface area contributed by atoms with E-state index < -0.39 is 5.97 Å². The van der Waals surface area contributed by atoms with E-state index in [9.17, 15) is 9.59 Å². The lowest BCUT2D eigenvalue weighted by atomic mass is 10.2. The molecule has 0 saturated heterocycles. The number of aliphatic carboxylic acids is 1. The van der Waals surface area contributed by atoms with Gasteiger partial charge in [0.15, 0.2) is 0 Å². The molecule has 0 aliphatic carbocycles. The van der Waals surface area contributed by atoms with E-state index in [1.54, 1.807) is 11.4 Å². The van der Waals surface area contributed by atoms with E-state index in [0.29, 0.717) is 18.7 Å². The molecule has 1 unspecified atom stereocenters. The Morgan fingerprint density at radius 1 is 1.58 bits per heavy atom. The van der Waals surface area contributed by atoms with E-state index in [1.165, 1.54) is 17.4 Å². The van der Waals surface area contributed by atoms with Gasteiger partial charge in [-0.15, -0.1) is 11.3 Å². The minimum Gasteiger partial charge on any atom is -0.478 e. The average Bonchev–Trinajstić information content (AvgIpc) is 2.82. The largest absolute Gasteiger partial charge is 0.478 e. The number of rotatable bonds is 7. The molecule has 6 heteroatoms. The summed E-state index contributed by atoms with van der Waals surface area (Å²) in [6, 6.07) is 1.66. The standard InChI is InChI=1S/C13H17NO4S/c1-3-18-9(2)7-14-13(17)10-6-11(19-8-10)4-5-12(15)16/h4-6,8-9H,3,7H2,1-2H3,(H,14,17)(H,15,16)/b5-4+. The van der Waals surface area contributed by atoms with Gasteiger partial charge in [-0.05, 0) is 26.0 Å². The normalized spacial score (nSPS) is 12.5. The number of carbonyl (C=O) groups excluding carboxylic acids is 1. The maximum atomic E-state index is 11.8. The van der Waals surface area contributed by atoms with Gasteiger partial charge >= 0.3 is 5.97 Å². The van der Waals surface area contributed by atoms with E-state index in [4.69, 9.17) is 9.84 Å². The Morgan fingerprint density at radius 3 is 2.95 bits per heavy atom. The third-order valence-electron chi connectivity index (χ3n) is 2.27. The second-order valence-corrected chi connectivity index (χ2v) is 4.83. The molecular weight excluding hydrogens is 266 g/mol. The van der Waals surface area contributed by atoms with Gasteiger partial charge in [0.1, 0.15) is 0 Å². The Hall–Kier alpha value is -1.66. The van der Waals surface area contributed by atoms with Gasteiger partial charge in [0.25, 0.3) is 5.91 Å². The summed E-state index contributed by atoms with van der Waals surface area (Å²) in [5.41, 5.74) is 0.527. The molecule has 5 nitrogen and oxygen atoms in total. The van der Waals surface area contributed by atoms with Crippen LogP contribution in [0.3, 0.4) is 0 Å². The van der Waals surface area contributed by atoms with Crippen LogP contribution in [0.2, 0.25) is 0 Å². The molecule has 19 heavy (non-hydrogen) atoms. The molecular formula is C13H17NO4S. The molecule has 0 fully saturated rings. The van der Waals surface area contributed by atoms with Gasteiger partial charge in [-0.2, -0.15) is 0 Å². The molecule has 0 radical (unpaired) electrons. The molecule has 0 aliphatic rings. The summed E-state index contributed by atoms with van der Waals surface area (Å²) in [5.74, 6) is -1.19. The van der Waals surface area contributed by atoms with E-state index in [-0.39, 0.29) is 12.0 Å². The molecule has 0 spiro atoms. The van der Waals surface area contributed by atoms with Crippen molar-refractivity contribution < 1.29 is 19.4 Å². The molecule has 1 aromatic rings. The number of ether oxygens (including phenoxy) is 1. The molecule has 1 heterocycles. The monoisotopic (exact) mass is 283 g/mol. The van der Waals surface area contributed by atoms with Crippen molar-refractivity contribution in [2.45, 2.75) is 20.0 Å². The van der Waals surface area contributed by atoms with Gasteiger partial charge in [-0.1, -0.05) is 0 Å². The lowest BCUT2D eigenvalue weighted by Crippen LogP contribution is -2.31. The molecule has 0 saturated carbocycles. The Labute approximate surface area is 115 Å². The van der Waals surface area contributed by atoms with Crippen LogP contribution < -0.4 is 5.32 Å². The topological polar surface area (TPSA) is 75.6 Å². The van der Waals surface area contributed by atoms with Gasteiger partial charge in [-0.3, -0.25) is 4.79 Å². The number of carbonyl (C=O) groups is 2. The fraction of sp³-hybridized carbons (Fsp3) is 0.385. The number of thiophene rings is 1. The maximum Gasteiger partial charge on any atom is 0.328 e. The minimum atomic E-state index is -1.01. The number of carboxylic acids is 1. The van der Waals surface area contributed by atoms with Gasteiger partial charge in [0.05, 0.1) is 11.7 Å². The first-order valence-corrected chi connectivity index (χ1v) is 6.80. The van der Waals surface area contributed by atoms with E-state index in [2.05, 4.69) is 5.32 Å². The predicted octanol–water partition coefficient (Wildman–Crippen LogP) is 2.00. The highest BCUT2D eigenvalue weighted by Crippen LogP contribution is 2.16. The van der Waals surface area contributed by atoms with Crippen LogP contribution >= 0.6 is 11.3 Å². The van der Waals surface area contributed by atoms with Crippen molar-refractivity contribution >= 4 is 29.3 Å². The van der Waals surface area contributed by atoms with Gasteiger partial charge < -0.3 is 15.2 Å². The third-order valence-corrected chi connectivity index (χ3v) is 3.17. The van der Waals surface area contributed by atoms with Crippen molar-refractivity contribution in [2.75, 3.05) is 13.2 Å². The molecule has 0 aliphatic heterocycles. The Kier molecular flexibility index (Phi) is 6.24. The van der Waals surface area contributed by atoms with Crippen LogP contribution in [0.1, 0.15) is 29.1 Å². The third kappa shape index (κ3) is 5.67. The molecule has 1 amide bonds. The Morgan fingerprint density at radius 2 is 2.32 bits per heavy atom. The molecule has 2 N–H and O–H groups in total. The highest BCUT2D eigenvalue weighted by atomic mass is 32.1. The highest BCUT2D eigenvalue weighted by molar-refractivity contribution is 7.11. The zero-order chi connectivity index (χ0) is 14.3. The fourth-order valence-corrected chi connectivity index (χ4v) is 2.17. The summed E-state index contributed by atoms with van der Waals surface area (Å²) in [4.78, 5) is 22.9. The fourth-order valence-electron chi connectivity index (χ4n) is 1.39. The molecule has 1 rings (SSSR count). The number of hydrogen-bond acceptors (Lipinski definition) is 4. The molecule has 0 aromatic carbocycles. The Bertz CT molecular complexity index is 467. The van der Waals surface area contributed by atoms with Crippen molar-refractivity contribution in [1.29, 1.82) is 0 Å². The van der Waals surface area contributed by atoms with Gasteiger partial charge in [0, 0.05) is 29.5 Å². The number of hydrogen-bond donors (Lipinski definition) is 2. The molecule has 104 valence electrons. The average molecular weight is 283 g/mol. The van der Waals surface area contributed by atoms with Crippen LogP contribution in [0, 0.1) is 0 Å². The zero-order valence-corrected chi connectivity index (χ0v) is 11.7. The second kappa shape index (κ2) is 7.70. The van der Waals surface area contributed by atoms with Crippen LogP contribution in [0.4, 0.5) is 0 Å². The van der Waals surface area contributed by atoms with Crippen molar-refractivity contribution in [3.05, 3.63) is 28.0 Å². The highest BCUT2D eigenvalue weighted by Gasteiger charge is 2.09. The molecule has 1 atom stereocenters. The van der Waals surface area contributed by atoms with E-state index in [0.717, 1.165) is 11.0 Å². The van der Waals surface area contributed by atoms with Crippen molar-refractivity contribution in [3.8, 4) is 0 Å². The van der Waals surface area contributed by atoms with Crippen LogP contribution in [0.5, 0.6) is 0 Å². The first-order valence-electron chi connectivity index (χ1n) is 5.92. The molecule has 0 bridgehead atoms. The van der Waals surface area contributed by atoms with Crippen LogP contribution in [-0.4, -0.2) is 36.2 Å². The summed E-state index contributed by atoms with van der Waals surface area (Å²) in [6.45, 7) is 4.85. The summed E-state index contributed by atoms with van der Waals surface area (Å²) in [7, 11) is 0. The number of amides is 1. The van der Waals surface area contributed by atoms with Gasteiger partial charge in [0.2, 0.25) is 0 Å². The number of carboxylic acid groups (broad SMARTS) is 1. The van der Waals surface area contributed by atoms with Crippen molar-refractivity contribution in [2.24, 2.45) is 0 Å². The predicted molar refractivity (Wildman–Crippen MR) is 74.4 cm³/mol. The van der Waals surface area contributed by atoms with E-state index in [1.807, 2.05) is 13.8 Å². The van der Waals surface area contributed by atoms with Crippen molar-refractivity contribution in [3.63, 3.8) is 0 Å². The maximum absolute atomic E-state index is 11.8. The lowest BCUT2D eigenvalue weighted by molar-refractivity contribution is -0.131. The second-order valence-electron chi connectivity index (χ2n) is 3.89. The van der Waals surface area contributed by atoms with Crippen LogP contribution in [0.15, 0.2) is 17.5 Å². The summed E-state index contributed by atoms with van der Waals surface area (Å²) in [5, 5.41) is 13.0. The van der Waals surface area contributed by atoms with Gasteiger partial charge in [-0.25, -0.2) is 4.79 Å². The first-order chi connectivity index (χ1) is 9.02. The summed E-state index contributed by atoms with van der Waals surface area (Å²) in [6.07, 6.45) is 2.48. The Balaban J connectivity index is 2.51. The minimum absolute atomic E-state index is 0.0287. The SMILES string of the molecule is CCOC(C)CNC(=O)c1csc(/C=C/C(=O)O)c1. The van der Waals surface area contributed by atoms with E-state index >= 15 is 0 Å². The quantitative estimate of drug-likeness (QED) is 0.750.